The molecule has 30 heavy (non-hydrogen) atoms. The molecule has 0 saturated carbocycles. The minimum Gasteiger partial charge on any atom is -0.495 e. The van der Waals surface area contributed by atoms with Gasteiger partial charge >= 0.3 is 0 Å². The summed E-state index contributed by atoms with van der Waals surface area (Å²) in [6, 6.07) is 16.6. The van der Waals surface area contributed by atoms with E-state index in [0.29, 0.717) is 23.0 Å². The molecule has 1 amide bonds. The molecule has 2 aromatic carbocycles. The molecule has 0 aliphatic carbocycles. The van der Waals surface area contributed by atoms with Gasteiger partial charge in [-0.15, -0.1) is 0 Å². The lowest BCUT2D eigenvalue weighted by Crippen LogP contribution is -2.20. The van der Waals surface area contributed by atoms with E-state index in [1.165, 1.54) is 17.8 Å². The fourth-order valence-corrected chi connectivity index (χ4v) is 4.07. The van der Waals surface area contributed by atoms with Crippen LogP contribution >= 0.6 is 11.8 Å². The van der Waals surface area contributed by atoms with Crippen LogP contribution in [0.1, 0.15) is 35.4 Å². The molecule has 0 unspecified atom stereocenters. The number of hydrogen-bond acceptors (Lipinski definition) is 5. The van der Waals surface area contributed by atoms with Gasteiger partial charge in [-0.1, -0.05) is 61.5 Å². The Labute approximate surface area is 180 Å². The maximum atomic E-state index is 13.3. The Bertz CT molecular complexity index is 1070. The van der Waals surface area contributed by atoms with Crippen LogP contribution in [-0.2, 0) is 11.2 Å². The van der Waals surface area contributed by atoms with Crippen LogP contribution in [-0.4, -0.2) is 23.0 Å². The van der Waals surface area contributed by atoms with Crippen LogP contribution < -0.4 is 15.6 Å². The second-order valence-electron chi connectivity index (χ2n) is 6.89. The summed E-state index contributed by atoms with van der Waals surface area (Å²) in [6.07, 6.45) is 1.59. The molecule has 0 fully saturated rings. The van der Waals surface area contributed by atoms with E-state index in [2.05, 4.69) is 15.3 Å². The Morgan fingerprint density at radius 2 is 1.97 bits per heavy atom. The number of anilines is 1. The second kappa shape index (κ2) is 10.1. The number of thioether (sulfide) groups is 1. The second-order valence-corrected chi connectivity index (χ2v) is 7.99. The number of H-pyrrole nitrogens is 1. The summed E-state index contributed by atoms with van der Waals surface area (Å²) in [5.74, 6) is 0.362. The molecule has 6 nitrogen and oxygen atoms in total. The van der Waals surface area contributed by atoms with Crippen molar-refractivity contribution < 1.29 is 9.53 Å². The summed E-state index contributed by atoms with van der Waals surface area (Å²) in [5, 5.41) is 2.79. The highest BCUT2D eigenvalue weighted by atomic mass is 32.2. The first-order valence-corrected chi connectivity index (χ1v) is 10.7. The summed E-state index contributed by atoms with van der Waals surface area (Å²) in [6.45, 7) is 3.98. The summed E-state index contributed by atoms with van der Waals surface area (Å²) >= 11 is 1.22. The van der Waals surface area contributed by atoms with E-state index in [9.17, 15) is 9.59 Å². The Hall–Kier alpha value is -3.06. The van der Waals surface area contributed by atoms with Crippen molar-refractivity contribution in [3.63, 3.8) is 0 Å². The lowest BCUT2D eigenvalue weighted by Gasteiger charge is -2.18. The normalized spacial score (nSPS) is 11.7. The lowest BCUT2D eigenvalue weighted by molar-refractivity contribution is -0.115. The first-order chi connectivity index (χ1) is 14.5. The van der Waals surface area contributed by atoms with Gasteiger partial charge in [-0.05, 0) is 36.6 Å². The number of carbonyl (C=O) groups excluding carboxylic acids is 1. The summed E-state index contributed by atoms with van der Waals surface area (Å²) in [7, 11) is 1.57. The standard InChI is InChI=1S/C23H25N3O3S/c1-4-8-17-14-20(27)26-23(24-17)30-21(16-9-6-5-7-10-16)22(28)25-18-13-15(2)11-12-19(18)29-3/h5-7,9-14,21H,4,8H2,1-3H3,(H,25,28)(H,24,26,27)/t21-/m1/s1. The van der Waals surface area contributed by atoms with Crippen LogP contribution in [0, 0.1) is 6.92 Å². The van der Waals surface area contributed by atoms with Crippen molar-refractivity contribution in [2.75, 3.05) is 12.4 Å². The highest BCUT2D eigenvalue weighted by molar-refractivity contribution is 8.00. The number of rotatable bonds is 8. The van der Waals surface area contributed by atoms with Gasteiger partial charge < -0.3 is 15.0 Å². The number of ether oxygens (including phenoxy) is 1. The number of aromatic amines is 1. The highest BCUT2D eigenvalue weighted by Crippen LogP contribution is 2.35. The number of amides is 1. The Morgan fingerprint density at radius 3 is 2.67 bits per heavy atom. The van der Waals surface area contributed by atoms with E-state index < -0.39 is 5.25 Å². The van der Waals surface area contributed by atoms with E-state index in [-0.39, 0.29) is 11.5 Å². The topological polar surface area (TPSA) is 84.1 Å². The van der Waals surface area contributed by atoms with Gasteiger partial charge in [0.1, 0.15) is 11.0 Å². The number of methoxy groups -OCH3 is 1. The molecular formula is C23H25N3O3S. The van der Waals surface area contributed by atoms with Crippen LogP contribution in [0.5, 0.6) is 5.75 Å². The number of nitrogens with zero attached hydrogens (tertiary/aromatic N) is 1. The summed E-state index contributed by atoms with van der Waals surface area (Å²) < 4.78 is 5.38. The third-order valence-corrected chi connectivity index (χ3v) is 5.60. The fourth-order valence-electron chi connectivity index (χ4n) is 3.05. The largest absolute Gasteiger partial charge is 0.495 e. The third kappa shape index (κ3) is 5.51. The summed E-state index contributed by atoms with van der Waals surface area (Å²) in [4.78, 5) is 32.6. The molecule has 0 aliphatic rings. The van der Waals surface area contributed by atoms with Crippen LogP contribution in [0.3, 0.4) is 0 Å². The van der Waals surface area contributed by atoms with Crippen molar-refractivity contribution in [1.29, 1.82) is 0 Å². The van der Waals surface area contributed by atoms with Gasteiger partial charge in [0, 0.05) is 11.8 Å². The van der Waals surface area contributed by atoms with Gasteiger partial charge in [-0.2, -0.15) is 0 Å². The van der Waals surface area contributed by atoms with E-state index in [4.69, 9.17) is 4.74 Å². The molecule has 0 saturated heterocycles. The maximum Gasteiger partial charge on any atom is 0.251 e. The van der Waals surface area contributed by atoms with E-state index in [1.54, 1.807) is 7.11 Å². The van der Waals surface area contributed by atoms with Gasteiger partial charge in [0.05, 0.1) is 12.8 Å². The van der Waals surface area contributed by atoms with Crippen molar-refractivity contribution in [1.82, 2.24) is 9.97 Å². The van der Waals surface area contributed by atoms with Gasteiger partial charge in [0.25, 0.3) is 5.56 Å². The van der Waals surface area contributed by atoms with Crippen LogP contribution in [0.2, 0.25) is 0 Å². The monoisotopic (exact) mass is 423 g/mol. The smallest absolute Gasteiger partial charge is 0.251 e. The predicted octanol–water partition coefficient (Wildman–Crippen LogP) is 4.51. The zero-order valence-corrected chi connectivity index (χ0v) is 18.1. The van der Waals surface area contributed by atoms with E-state index in [1.807, 2.05) is 62.4 Å². The minimum absolute atomic E-state index is 0.219. The Morgan fingerprint density at radius 1 is 1.20 bits per heavy atom. The first-order valence-electron chi connectivity index (χ1n) is 9.77. The average molecular weight is 424 g/mol. The third-order valence-electron chi connectivity index (χ3n) is 4.46. The van der Waals surface area contributed by atoms with Crippen LogP contribution in [0.4, 0.5) is 5.69 Å². The molecular weight excluding hydrogens is 398 g/mol. The molecule has 0 spiro atoms. The van der Waals surface area contributed by atoms with Gasteiger partial charge in [-0.25, -0.2) is 4.98 Å². The molecule has 3 rings (SSSR count). The van der Waals surface area contributed by atoms with Gasteiger partial charge in [0.15, 0.2) is 5.16 Å². The molecule has 0 aliphatic heterocycles. The fraction of sp³-hybridized carbons (Fsp3) is 0.261. The highest BCUT2D eigenvalue weighted by Gasteiger charge is 2.24. The molecule has 3 aromatic rings. The van der Waals surface area contributed by atoms with Crippen LogP contribution in [0.15, 0.2) is 64.5 Å². The molecule has 2 N–H and O–H groups in total. The van der Waals surface area contributed by atoms with Crippen molar-refractivity contribution in [3.05, 3.63) is 81.8 Å². The van der Waals surface area contributed by atoms with Gasteiger partial charge in [0.2, 0.25) is 5.91 Å². The summed E-state index contributed by atoms with van der Waals surface area (Å²) in [5.41, 5.74) is 2.92. The first kappa shape index (κ1) is 21.6. The lowest BCUT2D eigenvalue weighted by atomic mass is 10.1. The molecule has 7 heteroatoms. The maximum absolute atomic E-state index is 13.3. The average Bonchev–Trinajstić information content (AvgIpc) is 2.72. The molecule has 1 heterocycles. The quantitative estimate of drug-likeness (QED) is 0.411. The molecule has 0 bridgehead atoms. The van der Waals surface area contributed by atoms with Crippen molar-refractivity contribution in [2.45, 2.75) is 37.1 Å². The molecule has 156 valence electrons. The Balaban J connectivity index is 1.93. The van der Waals surface area contributed by atoms with E-state index in [0.717, 1.165) is 23.2 Å². The molecule has 0 radical (unpaired) electrons. The number of benzene rings is 2. The number of aryl methyl sites for hydroxylation is 2. The van der Waals surface area contributed by atoms with Crippen LogP contribution in [0.25, 0.3) is 0 Å². The number of aromatic nitrogens is 2. The van der Waals surface area contributed by atoms with Gasteiger partial charge in [-0.3, -0.25) is 9.59 Å². The Kier molecular flexibility index (Phi) is 7.30. The minimum atomic E-state index is -0.601. The number of carbonyl (C=O) groups is 1. The molecule has 1 atom stereocenters. The predicted molar refractivity (Wildman–Crippen MR) is 120 cm³/mol. The zero-order valence-electron chi connectivity index (χ0n) is 17.3. The molecule has 1 aromatic heterocycles. The number of nitrogens with one attached hydrogen (secondary N) is 2. The van der Waals surface area contributed by atoms with Crippen molar-refractivity contribution in [2.24, 2.45) is 0 Å². The van der Waals surface area contributed by atoms with Crippen molar-refractivity contribution in [3.8, 4) is 5.75 Å². The van der Waals surface area contributed by atoms with Crippen molar-refractivity contribution >= 4 is 23.4 Å². The van der Waals surface area contributed by atoms with E-state index >= 15 is 0 Å². The SMILES string of the molecule is CCCc1cc(=O)[nH]c(S[C@@H](C(=O)Nc2cc(C)ccc2OC)c2ccccc2)n1. The number of hydrogen-bond donors (Lipinski definition) is 2. The zero-order chi connectivity index (χ0) is 21.5.